The van der Waals surface area contributed by atoms with Crippen LogP contribution in [0.3, 0.4) is 0 Å². The third-order valence-electron chi connectivity index (χ3n) is 4.43. The molecular formula is C25H23FN2O4. The van der Waals surface area contributed by atoms with Crippen molar-refractivity contribution in [2.45, 2.75) is 19.8 Å². The summed E-state index contributed by atoms with van der Waals surface area (Å²) in [4.78, 5) is 24.2. The highest BCUT2D eigenvalue weighted by Gasteiger charge is 2.09. The van der Waals surface area contributed by atoms with Gasteiger partial charge in [0, 0.05) is 5.56 Å². The fourth-order valence-corrected chi connectivity index (χ4v) is 2.64. The van der Waals surface area contributed by atoms with Crippen LogP contribution in [0.5, 0.6) is 11.5 Å². The van der Waals surface area contributed by atoms with Crippen LogP contribution in [0, 0.1) is 5.82 Å². The molecule has 0 atom stereocenters. The van der Waals surface area contributed by atoms with Gasteiger partial charge in [0.05, 0.1) is 18.4 Å². The van der Waals surface area contributed by atoms with Crippen LogP contribution in [0.4, 0.5) is 4.39 Å². The van der Waals surface area contributed by atoms with Crippen molar-refractivity contribution in [2.75, 3.05) is 6.61 Å². The Morgan fingerprint density at radius 2 is 1.53 bits per heavy atom. The van der Waals surface area contributed by atoms with Gasteiger partial charge in [-0.1, -0.05) is 13.3 Å². The van der Waals surface area contributed by atoms with Gasteiger partial charge in [0.15, 0.2) is 0 Å². The Bertz CT molecular complexity index is 1060. The van der Waals surface area contributed by atoms with Gasteiger partial charge in [0.2, 0.25) is 0 Å². The van der Waals surface area contributed by atoms with E-state index in [0.717, 1.165) is 12.8 Å². The van der Waals surface area contributed by atoms with Gasteiger partial charge < -0.3 is 9.47 Å². The Hall–Kier alpha value is -4.00. The van der Waals surface area contributed by atoms with Gasteiger partial charge in [0.25, 0.3) is 5.91 Å². The molecule has 0 heterocycles. The monoisotopic (exact) mass is 434 g/mol. The molecule has 0 unspecified atom stereocenters. The number of nitrogens with one attached hydrogen (secondary N) is 1. The molecule has 0 aromatic heterocycles. The van der Waals surface area contributed by atoms with E-state index in [1.165, 1.54) is 30.5 Å². The maximum atomic E-state index is 12.9. The molecule has 3 aromatic carbocycles. The lowest BCUT2D eigenvalue weighted by Crippen LogP contribution is -2.17. The molecule has 0 saturated carbocycles. The summed E-state index contributed by atoms with van der Waals surface area (Å²) in [5, 5.41) is 3.88. The van der Waals surface area contributed by atoms with Gasteiger partial charge in [-0.05, 0) is 84.8 Å². The van der Waals surface area contributed by atoms with Crippen molar-refractivity contribution in [1.29, 1.82) is 0 Å². The summed E-state index contributed by atoms with van der Waals surface area (Å²) < 4.78 is 23.9. The Balaban J connectivity index is 1.50. The molecule has 0 aliphatic rings. The number of unbranched alkanes of at least 4 members (excludes halogenated alkanes) is 1. The van der Waals surface area contributed by atoms with E-state index in [1.54, 1.807) is 48.5 Å². The van der Waals surface area contributed by atoms with E-state index in [0.29, 0.717) is 34.8 Å². The summed E-state index contributed by atoms with van der Waals surface area (Å²) in [6.07, 6.45) is 3.48. The van der Waals surface area contributed by atoms with Crippen LogP contribution >= 0.6 is 0 Å². The number of halogens is 1. The highest BCUT2D eigenvalue weighted by Crippen LogP contribution is 2.16. The number of esters is 1. The van der Waals surface area contributed by atoms with Crippen LogP contribution in [0.15, 0.2) is 77.9 Å². The average Bonchev–Trinajstić information content (AvgIpc) is 2.81. The van der Waals surface area contributed by atoms with E-state index < -0.39 is 17.7 Å². The van der Waals surface area contributed by atoms with Gasteiger partial charge in [-0.3, -0.25) is 4.79 Å². The SMILES string of the molecule is CCCCOc1ccc(C(=O)Oc2ccc(/C=N\NC(=O)c3ccc(F)cc3)cc2)cc1. The highest BCUT2D eigenvalue weighted by atomic mass is 19.1. The molecule has 164 valence electrons. The lowest BCUT2D eigenvalue weighted by molar-refractivity contribution is 0.0734. The van der Waals surface area contributed by atoms with Crippen molar-refractivity contribution in [3.8, 4) is 11.5 Å². The van der Waals surface area contributed by atoms with Gasteiger partial charge in [-0.2, -0.15) is 5.10 Å². The van der Waals surface area contributed by atoms with Crippen LogP contribution in [-0.2, 0) is 0 Å². The van der Waals surface area contributed by atoms with Crippen molar-refractivity contribution < 1.29 is 23.5 Å². The van der Waals surface area contributed by atoms with E-state index >= 15 is 0 Å². The number of hydrazone groups is 1. The number of carbonyl (C=O) groups is 2. The van der Waals surface area contributed by atoms with Crippen LogP contribution in [-0.4, -0.2) is 24.7 Å². The molecule has 3 aromatic rings. The quantitative estimate of drug-likeness (QED) is 0.169. The molecular weight excluding hydrogens is 411 g/mol. The topological polar surface area (TPSA) is 77.0 Å². The fourth-order valence-electron chi connectivity index (χ4n) is 2.64. The second-order valence-electron chi connectivity index (χ2n) is 6.89. The molecule has 0 aliphatic carbocycles. The zero-order valence-corrected chi connectivity index (χ0v) is 17.6. The minimum absolute atomic E-state index is 0.298. The number of ether oxygens (including phenoxy) is 2. The maximum Gasteiger partial charge on any atom is 0.343 e. The molecule has 32 heavy (non-hydrogen) atoms. The Morgan fingerprint density at radius 3 is 2.19 bits per heavy atom. The number of amides is 1. The normalized spacial score (nSPS) is 10.7. The van der Waals surface area contributed by atoms with E-state index in [1.807, 2.05) is 0 Å². The summed E-state index contributed by atoms with van der Waals surface area (Å²) in [6.45, 7) is 2.74. The molecule has 1 N–H and O–H groups in total. The first-order chi connectivity index (χ1) is 15.5. The van der Waals surface area contributed by atoms with Crippen molar-refractivity contribution in [3.63, 3.8) is 0 Å². The third-order valence-corrected chi connectivity index (χ3v) is 4.43. The standard InChI is InChI=1S/C25H23FN2O4/c1-2-3-16-31-22-14-8-20(9-15-22)25(30)32-23-12-4-18(5-13-23)17-27-28-24(29)19-6-10-21(26)11-7-19/h4-15,17H,2-3,16H2,1H3,(H,28,29)/b27-17-. The number of hydrogen-bond donors (Lipinski definition) is 1. The Morgan fingerprint density at radius 1 is 0.906 bits per heavy atom. The minimum atomic E-state index is -0.474. The van der Waals surface area contributed by atoms with Crippen molar-refractivity contribution in [1.82, 2.24) is 5.43 Å². The van der Waals surface area contributed by atoms with Crippen LogP contribution in [0.25, 0.3) is 0 Å². The second-order valence-corrected chi connectivity index (χ2v) is 6.89. The zero-order chi connectivity index (χ0) is 22.8. The van der Waals surface area contributed by atoms with Crippen LogP contribution in [0.1, 0.15) is 46.0 Å². The molecule has 0 saturated heterocycles. The Kier molecular flexibility index (Phi) is 8.09. The summed E-state index contributed by atoms with van der Waals surface area (Å²) >= 11 is 0. The smallest absolute Gasteiger partial charge is 0.343 e. The molecule has 0 aliphatic heterocycles. The van der Waals surface area contributed by atoms with E-state index in [2.05, 4.69) is 17.5 Å². The summed E-state index contributed by atoms with van der Waals surface area (Å²) in [6, 6.07) is 18.6. The lowest BCUT2D eigenvalue weighted by Gasteiger charge is -2.07. The molecule has 6 nitrogen and oxygen atoms in total. The molecule has 3 rings (SSSR count). The fraction of sp³-hybridized carbons (Fsp3) is 0.160. The summed E-state index contributed by atoms with van der Waals surface area (Å²) in [5.74, 6) is -0.248. The van der Waals surface area contributed by atoms with Crippen molar-refractivity contribution in [2.24, 2.45) is 5.10 Å². The van der Waals surface area contributed by atoms with Gasteiger partial charge in [-0.15, -0.1) is 0 Å². The highest BCUT2D eigenvalue weighted by molar-refractivity contribution is 5.95. The van der Waals surface area contributed by atoms with Crippen molar-refractivity contribution in [3.05, 3.63) is 95.3 Å². The first-order valence-corrected chi connectivity index (χ1v) is 10.2. The third kappa shape index (κ3) is 6.77. The van der Waals surface area contributed by atoms with Crippen molar-refractivity contribution >= 4 is 18.1 Å². The molecule has 0 fully saturated rings. The van der Waals surface area contributed by atoms with E-state index in [-0.39, 0.29) is 0 Å². The van der Waals surface area contributed by atoms with Gasteiger partial charge in [0.1, 0.15) is 17.3 Å². The average molecular weight is 434 g/mol. The predicted octanol–water partition coefficient (Wildman–Crippen LogP) is 4.99. The Labute approximate surface area is 185 Å². The first kappa shape index (κ1) is 22.7. The molecule has 0 radical (unpaired) electrons. The number of hydrogen-bond acceptors (Lipinski definition) is 5. The van der Waals surface area contributed by atoms with Gasteiger partial charge in [-0.25, -0.2) is 14.6 Å². The van der Waals surface area contributed by atoms with E-state index in [4.69, 9.17) is 9.47 Å². The summed E-state index contributed by atoms with van der Waals surface area (Å²) in [7, 11) is 0. The van der Waals surface area contributed by atoms with E-state index in [9.17, 15) is 14.0 Å². The lowest BCUT2D eigenvalue weighted by atomic mass is 10.2. The largest absolute Gasteiger partial charge is 0.494 e. The van der Waals surface area contributed by atoms with Gasteiger partial charge >= 0.3 is 5.97 Å². The molecule has 0 spiro atoms. The molecule has 0 bridgehead atoms. The van der Waals surface area contributed by atoms with Crippen LogP contribution < -0.4 is 14.9 Å². The number of nitrogens with zero attached hydrogens (tertiary/aromatic N) is 1. The molecule has 7 heteroatoms. The molecule has 1 amide bonds. The minimum Gasteiger partial charge on any atom is -0.494 e. The second kappa shape index (κ2) is 11.4. The first-order valence-electron chi connectivity index (χ1n) is 10.2. The number of carbonyl (C=O) groups excluding carboxylic acids is 2. The zero-order valence-electron chi connectivity index (χ0n) is 17.6. The number of rotatable bonds is 9. The number of benzene rings is 3. The van der Waals surface area contributed by atoms with Crippen LogP contribution in [0.2, 0.25) is 0 Å². The predicted molar refractivity (Wildman–Crippen MR) is 120 cm³/mol. The summed E-state index contributed by atoms with van der Waals surface area (Å²) in [5.41, 5.74) is 3.78. The maximum absolute atomic E-state index is 12.9.